The number of hydrogen-bond donors (Lipinski definition) is 2. The normalized spacial score (nSPS) is 20.5. The fraction of sp³-hybridized carbons (Fsp3) is 0.571. The summed E-state index contributed by atoms with van der Waals surface area (Å²) in [7, 11) is 0. The lowest BCUT2D eigenvalue weighted by atomic mass is 9.90. The van der Waals surface area contributed by atoms with Crippen LogP contribution in [-0.2, 0) is 14.3 Å². The van der Waals surface area contributed by atoms with E-state index in [1.807, 2.05) is 26.8 Å². The summed E-state index contributed by atoms with van der Waals surface area (Å²) < 4.78 is 5.42. The molecule has 1 unspecified atom stereocenters. The number of amides is 4. The van der Waals surface area contributed by atoms with Gasteiger partial charge in [0.2, 0.25) is 11.8 Å². The van der Waals surface area contributed by atoms with Gasteiger partial charge < -0.3 is 15.0 Å². The van der Waals surface area contributed by atoms with Crippen molar-refractivity contribution in [3.05, 3.63) is 29.6 Å². The van der Waals surface area contributed by atoms with Gasteiger partial charge in [-0.2, -0.15) is 0 Å². The molecule has 2 N–H and O–H groups in total. The monoisotopic (exact) mass is 416 g/mol. The molecule has 1 aromatic rings. The Bertz CT molecular complexity index is 823. The fourth-order valence-electron chi connectivity index (χ4n) is 3.57. The van der Waals surface area contributed by atoms with Gasteiger partial charge in [-0.15, -0.1) is 0 Å². The van der Waals surface area contributed by atoms with Crippen LogP contribution in [-0.4, -0.2) is 58.4 Å². The molecule has 30 heavy (non-hydrogen) atoms. The Morgan fingerprint density at radius 2 is 1.87 bits per heavy atom. The number of carbonyl (C=O) groups excluding carboxylic acids is 4. The van der Waals surface area contributed by atoms with Gasteiger partial charge in [0.1, 0.15) is 17.3 Å². The lowest BCUT2D eigenvalue weighted by Crippen LogP contribution is -2.52. The number of pyridine rings is 1. The third kappa shape index (κ3) is 5.55. The smallest absolute Gasteiger partial charge is 0.410 e. The van der Waals surface area contributed by atoms with E-state index in [1.165, 1.54) is 0 Å². The highest BCUT2D eigenvalue weighted by atomic mass is 16.6. The van der Waals surface area contributed by atoms with E-state index < -0.39 is 23.5 Å². The third-order valence-electron chi connectivity index (χ3n) is 5.18. The van der Waals surface area contributed by atoms with Crippen molar-refractivity contribution in [3.8, 4) is 0 Å². The largest absolute Gasteiger partial charge is 0.444 e. The van der Waals surface area contributed by atoms with Gasteiger partial charge in [0.25, 0.3) is 5.91 Å². The van der Waals surface area contributed by atoms with Crippen molar-refractivity contribution in [1.29, 1.82) is 0 Å². The zero-order valence-electron chi connectivity index (χ0n) is 17.6. The maximum Gasteiger partial charge on any atom is 0.410 e. The summed E-state index contributed by atoms with van der Waals surface area (Å²) in [6.07, 6.45) is 3.45. The number of carbonyl (C=O) groups is 4. The van der Waals surface area contributed by atoms with Crippen molar-refractivity contribution in [2.45, 2.75) is 64.0 Å². The maximum atomic E-state index is 12.4. The molecule has 0 aliphatic carbocycles. The zero-order valence-corrected chi connectivity index (χ0v) is 17.6. The van der Waals surface area contributed by atoms with Crippen molar-refractivity contribution in [1.82, 2.24) is 20.5 Å². The van der Waals surface area contributed by atoms with Crippen LogP contribution in [0.2, 0.25) is 0 Å². The number of piperidine rings is 2. The van der Waals surface area contributed by atoms with E-state index >= 15 is 0 Å². The van der Waals surface area contributed by atoms with Gasteiger partial charge in [0.05, 0.1) is 0 Å². The minimum atomic E-state index is -0.728. The highest BCUT2D eigenvalue weighted by Gasteiger charge is 2.29. The van der Waals surface area contributed by atoms with E-state index in [1.54, 1.807) is 17.2 Å². The molecule has 0 saturated carbocycles. The van der Waals surface area contributed by atoms with Crippen molar-refractivity contribution >= 4 is 23.8 Å². The number of aromatic nitrogens is 1. The summed E-state index contributed by atoms with van der Waals surface area (Å²) in [6.45, 7) is 6.76. The number of hydrogen-bond acceptors (Lipinski definition) is 6. The second-order valence-electron chi connectivity index (χ2n) is 8.70. The Labute approximate surface area is 175 Å². The van der Waals surface area contributed by atoms with Crippen LogP contribution in [0.4, 0.5) is 4.79 Å². The van der Waals surface area contributed by atoms with Crippen LogP contribution >= 0.6 is 0 Å². The topological polar surface area (TPSA) is 118 Å². The molecule has 2 fully saturated rings. The molecule has 3 heterocycles. The van der Waals surface area contributed by atoms with Crippen molar-refractivity contribution in [2.24, 2.45) is 0 Å². The Balaban J connectivity index is 1.52. The molecule has 2 aliphatic rings. The Morgan fingerprint density at radius 3 is 2.43 bits per heavy atom. The first-order valence-corrected chi connectivity index (χ1v) is 10.2. The van der Waals surface area contributed by atoms with Gasteiger partial charge >= 0.3 is 6.09 Å². The molecule has 0 aromatic carbocycles. The van der Waals surface area contributed by atoms with Gasteiger partial charge in [0.15, 0.2) is 0 Å². The van der Waals surface area contributed by atoms with Gasteiger partial charge in [0, 0.05) is 25.7 Å². The summed E-state index contributed by atoms with van der Waals surface area (Å²) in [5, 5.41) is 4.83. The number of likely N-dealkylation sites (tertiary alicyclic amines) is 1. The lowest BCUT2D eigenvalue weighted by molar-refractivity contribution is -0.134. The molecule has 0 radical (unpaired) electrons. The first kappa shape index (κ1) is 21.7. The summed E-state index contributed by atoms with van der Waals surface area (Å²) >= 11 is 0. The minimum Gasteiger partial charge on any atom is -0.444 e. The molecule has 9 nitrogen and oxygen atoms in total. The molecule has 162 valence electrons. The molecular weight excluding hydrogens is 388 g/mol. The minimum absolute atomic E-state index is 0.199. The van der Waals surface area contributed by atoms with Gasteiger partial charge in [-0.25, -0.2) is 4.79 Å². The molecule has 1 aromatic heterocycles. The van der Waals surface area contributed by atoms with Crippen LogP contribution in [0.15, 0.2) is 18.3 Å². The Kier molecular flexibility index (Phi) is 6.38. The van der Waals surface area contributed by atoms with Crippen LogP contribution in [0.1, 0.15) is 68.4 Å². The standard InChI is InChI=1S/C21H28N4O5/c1-21(2,3)30-20(29)25-10-8-13(9-11-25)14-4-5-15(22-12-14)18(27)23-16-6-7-17(26)24-19(16)28/h4-5,12-13,16H,6-11H2,1-3H3,(H,23,27)(H,24,26,28). The predicted molar refractivity (Wildman–Crippen MR) is 108 cm³/mol. The second-order valence-corrected chi connectivity index (χ2v) is 8.70. The van der Waals surface area contributed by atoms with Crippen molar-refractivity contribution < 1.29 is 23.9 Å². The highest BCUT2D eigenvalue weighted by Crippen LogP contribution is 2.28. The number of nitrogens with one attached hydrogen (secondary N) is 2. The molecule has 9 heteroatoms. The Hall–Kier alpha value is -2.97. The molecule has 4 amide bonds. The van der Waals surface area contributed by atoms with Gasteiger partial charge in [-0.05, 0) is 57.6 Å². The highest BCUT2D eigenvalue weighted by molar-refractivity contribution is 6.03. The number of imide groups is 1. The van der Waals surface area contributed by atoms with Crippen molar-refractivity contribution in [2.75, 3.05) is 13.1 Å². The Morgan fingerprint density at radius 1 is 1.17 bits per heavy atom. The number of rotatable bonds is 3. The molecule has 0 bridgehead atoms. The predicted octanol–water partition coefficient (Wildman–Crippen LogP) is 1.73. The quantitative estimate of drug-likeness (QED) is 0.725. The fourth-order valence-corrected chi connectivity index (χ4v) is 3.57. The van der Waals surface area contributed by atoms with Crippen LogP contribution in [0, 0.1) is 0 Å². The summed E-state index contributed by atoms with van der Waals surface area (Å²) in [5.41, 5.74) is 0.716. The van der Waals surface area contributed by atoms with E-state index in [9.17, 15) is 19.2 Å². The molecule has 0 spiro atoms. The van der Waals surface area contributed by atoms with Crippen LogP contribution in [0.5, 0.6) is 0 Å². The van der Waals surface area contributed by atoms with E-state index in [2.05, 4.69) is 15.6 Å². The summed E-state index contributed by atoms with van der Waals surface area (Å²) in [4.78, 5) is 53.5. The maximum absolute atomic E-state index is 12.4. The van der Waals surface area contributed by atoms with Gasteiger partial charge in [-0.1, -0.05) is 6.07 Å². The number of ether oxygens (including phenoxy) is 1. The van der Waals surface area contributed by atoms with Crippen LogP contribution in [0.3, 0.4) is 0 Å². The average molecular weight is 416 g/mol. The first-order valence-electron chi connectivity index (χ1n) is 10.2. The number of nitrogens with zero attached hydrogens (tertiary/aromatic N) is 2. The lowest BCUT2D eigenvalue weighted by Gasteiger charge is -2.33. The van der Waals surface area contributed by atoms with E-state index in [4.69, 9.17) is 4.74 Å². The third-order valence-corrected chi connectivity index (χ3v) is 5.18. The SMILES string of the molecule is CC(C)(C)OC(=O)N1CCC(c2ccc(C(=O)NC3CCC(=O)NC3=O)nc2)CC1. The summed E-state index contributed by atoms with van der Waals surface area (Å²) in [5.74, 6) is -1.02. The van der Waals surface area contributed by atoms with Gasteiger partial charge in [-0.3, -0.25) is 24.7 Å². The molecule has 2 aliphatic heterocycles. The molecule has 3 rings (SSSR count). The molecule has 1 atom stereocenters. The summed E-state index contributed by atoms with van der Waals surface area (Å²) in [6, 6.07) is 2.77. The molecule has 2 saturated heterocycles. The second kappa shape index (κ2) is 8.81. The van der Waals surface area contributed by atoms with Crippen molar-refractivity contribution in [3.63, 3.8) is 0 Å². The van der Waals surface area contributed by atoms with Crippen LogP contribution < -0.4 is 10.6 Å². The zero-order chi connectivity index (χ0) is 21.9. The average Bonchev–Trinajstić information content (AvgIpc) is 2.69. The first-order chi connectivity index (χ1) is 14.1. The van der Waals surface area contributed by atoms with Crippen LogP contribution in [0.25, 0.3) is 0 Å². The van der Waals surface area contributed by atoms with E-state index in [0.717, 1.165) is 18.4 Å². The van der Waals surface area contributed by atoms with E-state index in [-0.39, 0.29) is 36.5 Å². The molecular formula is C21H28N4O5. The van der Waals surface area contributed by atoms with E-state index in [0.29, 0.717) is 13.1 Å².